The van der Waals surface area contributed by atoms with Gasteiger partial charge in [-0.25, -0.2) is 0 Å². The van der Waals surface area contributed by atoms with Crippen molar-refractivity contribution in [3.8, 4) is 5.75 Å². The van der Waals surface area contributed by atoms with E-state index in [4.69, 9.17) is 15.0 Å². The number of nitrogens with zero attached hydrogens (tertiary/aromatic N) is 4. The minimum Gasteiger partial charge on any atom is -0.495 e. The number of nitrogen functional groups attached to an aromatic ring is 1. The monoisotopic (exact) mass is 505 g/mol. The Bertz CT molecular complexity index is 1500. The maximum Gasteiger partial charge on any atom is 0.296 e. The lowest BCUT2D eigenvalue weighted by atomic mass is 10.1. The van der Waals surface area contributed by atoms with Crippen LogP contribution in [0.1, 0.15) is 5.56 Å². The van der Waals surface area contributed by atoms with E-state index >= 15 is 0 Å². The van der Waals surface area contributed by atoms with E-state index in [2.05, 4.69) is 20.5 Å². The normalized spacial score (nSPS) is 12.5. The SMILES string of the molecule is COc1cc(/N=N/c2ccc(N=Nc3ccc(S(=O)(=O)O)cc3)cc2S(=O)(=O)O)c(C)cc1N. The van der Waals surface area contributed by atoms with E-state index in [0.717, 1.165) is 18.2 Å². The Morgan fingerprint density at radius 1 is 0.765 bits per heavy atom. The molecule has 0 heterocycles. The molecule has 178 valence electrons. The van der Waals surface area contributed by atoms with Crippen LogP contribution in [0.3, 0.4) is 0 Å². The molecule has 0 saturated heterocycles. The third-order valence-corrected chi connectivity index (χ3v) is 6.20. The van der Waals surface area contributed by atoms with E-state index in [1.807, 2.05) is 0 Å². The molecule has 0 aliphatic rings. The Kier molecular flexibility index (Phi) is 7.07. The zero-order valence-corrected chi connectivity index (χ0v) is 19.4. The first-order valence-electron chi connectivity index (χ1n) is 9.35. The standard InChI is InChI=1S/C20H19N5O7S2/c1-12-9-16(21)19(32-2)11-18(12)25-24-17-8-5-14(10-20(17)34(29,30)31)23-22-13-3-6-15(7-4-13)33(26,27)28/h3-11H,21H2,1-2H3,(H,26,27,28)(H,29,30,31)/b23-22?,25-24+. The first-order chi connectivity index (χ1) is 15.9. The maximum absolute atomic E-state index is 11.9. The van der Waals surface area contributed by atoms with Crippen molar-refractivity contribution in [2.24, 2.45) is 20.5 Å². The molecule has 4 N–H and O–H groups in total. The highest BCUT2D eigenvalue weighted by molar-refractivity contribution is 7.86. The van der Waals surface area contributed by atoms with Crippen LogP contribution >= 0.6 is 0 Å². The lowest BCUT2D eigenvalue weighted by Gasteiger charge is -2.07. The Morgan fingerprint density at radius 3 is 1.94 bits per heavy atom. The van der Waals surface area contributed by atoms with Crippen LogP contribution in [0.15, 0.2) is 84.8 Å². The van der Waals surface area contributed by atoms with Crippen LogP contribution in [-0.4, -0.2) is 33.1 Å². The number of azo groups is 2. The van der Waals surface area contributed by atoms with Gasteiger partial charge in [0.05, 0.1) is 34.8 Å². The van der Waals surface area contributed by atoms with Crippen LogP contribution in [0.5, 0.6) is 5.75 Å². The van der Waals surface area contributed by atoms with Crippen LogP contribution in [0.2, 0.25) is 0 Å². The summed E-state index contributed by atoms with van der Waals surface area (Å²) in [6.07, 6.45) is 0. The molecule has 12 nitrogen and oxygen atoms in total. The second kappa shape index (κ2) is 9.64. The highest BCUT2D eigenvalue weighted by Gasteiger charge is 2.17. The molecule has 0 atom stereocenters. The summed E-state index contributed by atoms with van der Waals surface area (Å²) in [5.41, 5.74) is 7.44. The highest BCUT2D eigenvalue weighted by atomic mass is 32.2. The molecule has 14 heteroatoms. The van der Waals surface area contributed by atoms with Gasteiger partial charge in [-0.15, -0.1) is 5.11 Å². The Morgan fingerprint density at radius 2 is 1.35 bits per heavy atom. The average molecular weight is 506 g/mol. The van der Waals surface area contributed by atoms with Gasteiger partial charge < -0.3 is 10.5 Å². The summed E-state index contributed by atoms with van der Waals surface area (Å²) in [7, 11) is -7.60. The van der Waals surface area contributed by atoms with Crippen molar-refractivity contribution in [2.45, 2.75) is 16.7 Å². The number of rotatable bonds is 7. The van der Waals surface area contributed by atoms with E-state index in [-0.39, 0.29) is 22.0 Å². The number of ether oxygens (including phenoxy) is 1. The smallest absolute Gasteiger partial charge is 0.296 e. The number of benzene rings is 3. The Labute approximate surface area is 195 Å². The molecule has 3 rings (SSSR count). The minimum absolute atomic E-state index is 0.0655. The van der Waals surface area contributed by atoms with Gasteiger partial charge in [0.1, 0.15) is 16.3 Å². The molecule has 3 aromatic rings. The van der Waals surface area contributed by atoms with Crippen molar-refractivity contribution in [3.63, 3.8) is 0 Å². The van der Waals surface area contributed by atoms with E-state index in [1.165, 1.54) is 37.4 Å². The number of methoxy groups -OCH3 is 1. The molecule has 0 bridgehead atoms. The molecule has 34 heavy (non-hydrogen) atoms. The second-order valence-corrected chi connectivity index (χ2v) is 9.69. The lowest BCUT2D eigenvalue weighted by Crippen LogP contribution is -1.98. The van der Waals surface area contributed by atoms with Crippen LogP contribution < -0.4 is 10.5 Å². The predicted molar refractivity (Wildman–Crippen MR) is 123 cm³/mol. The summed E-state index contributed by atoms with van der Waals surface area (Å²) in [5, 5.41) is 15.7. The lowest BCUT2D eigenvalue weighted by molar-refractivity contribution is 0.417. The second-order valence-electron chi connectivity index (χ2n) is 6.88. The fraction of sp³-hybridized carbons (Fsp3) is 0.100. The van der Waals surface area contributed by atoms with Crippen LogP contribution in [0.4, 0.5) is 28.4 Å². The molecular weight excluding hydrogens is 486 g/mol. The predicted octanol–water partition coefficient (Wildman–Crippen LogP) is 4.91. The molecule has 0 spiro atoms. The molecular formula is C20H19N5O7S2. The average Bonchev–Trinajstić information content (AvgIpc) is 2.76. The van der Waals surface area contributed by atoms with Gasteiger partial charge in [0.2, 0.25) is 0 Å². The quantitative estimate of drug-likeness (QED) is 0.229. The number of hydrogen-bond donors (Lipinski definition) is 3. The summed E-state index contributed by atoms with van der Waals surface area (Å²) in [5.74, 6) is 0.370. The summed E-state index contributed by atoms with van der Waals surface area (Å²) in [6, 6.07) is 11.7. The van der Waals surface area contributed by atoms with Crippen LogP contribution in [0, 0.1) is 6.92 Å². The number of anilines is 1. The van der Waals surface area contributed by atoms with Crippen molar-refractivity contribution < 1.29 is 30.7 Å². The van der Waals surface area contributed by atoms with Crippen molar-refractivity contribution in [1.82, 2.24) is 0 Å². The number of nitrogens with two attached hydrogens (primary N) is 1. The van der Waals surface area contributed by atoms with Gasteiger partial charge in [0.15, 0.2) is 0 Å². The van der Waals surface area contributed by atoms with Gasteiger partial charge in [0.25, 0.3) is 20.2 Å². The van der Waals surface area contributed by atoms with Crippen molar-refractivity contribution in [3.05, 3.63) is 60.2 Å². The molecule has 0 aliphatic carbocycles. The third kappa shape index (κ3) is 5.99. The van der Waals surface area contributed by atoms with Crippen molar-refractivity contribution in [2.75, 3.05) is 12.8 Å². The fourth-order valence-corrected chi connectivity index (χ4v) is 3.87. The van der Waals surface area contributed by atoms with E-state index in [9.17, 15) is 21.4 Å². The first-order valence-corrected chi connectivity index (χ1v) is 12.2. The van der Waals surface area contributed by atoms with E-state index in [0.29, 0.717) is 22.7 Å². The van der Waals surface area contributed by atoms with Gasteiger partial charge in [-0.1, -0.05) is 0 Å². The molecule has 0 radical (unpaired) electrons. The van der Waals surface area contributed by atoms with Crippen LogP contribution in [-0.2, 0) is 20.2 Å². The molecule has 0 unspecified atom stereocenters. The zero-order valence-electron chi connectivity index (χ0n) is 17.8. The molecule has 0 aliphatic heterocycles. The molecule has 3 aromatic carbocycles. The number of hydrogen-bond acceptors (Lipinski definition) is 10. The molecule has 0 fully saturated rings. The molecule has 0 amide bonds. The van der Waals surface area contributed by atoms with E-state index < -0.39 is 25.1 Å². The van der Waals surface area contributed by atoms with Gasteiger partial charge >= 0.3 is 0 Å². The fourth-order valence-electron chi connectivity index (χ4n) is 2.75. The van der Waals surface area contributed by atoms with Gasteiger partial charge in [-0.05, 0) is 61.0 Å². The van der Waals surface area contributed by atoms with Crippen molar-refractivity contribution >= 4 is 48.7 Å². The Hall–Kier alpha value is -3.72. The zero-order chi connectivity index (χ0) is 25.1. The summed E-state index contributed by atoms with van der Waals surface area (Å²) >= 11 is 0. The maximum atomic E-state index is 11.9. The van der Waals surface area contributed by atoms with Gasteiger partial charge in [-0.2, -0.15) is 32.2 Å². The highest BCUT2D eigenvalue weighted by Crippen LogP contribution is 2.34. The van der Waals surface area contributed by atoms with Crippen LogP contribution in [0.25, 0.3) is 0 Å². The summed E-state index contributed by atoms with van der Waals surface area (Å²) in [4.78, 5) is -0.863. The molecule has 0 aromatic heterocycles. The summed E-state index contributed by atoms with van der Waals surface area (Å²) < 4.78 is 69.8. The van der Waals surface area contributed by atoms with E-state index in [1.54, 1.807) is 13.0 Å². The largest absolute Gasteiger partial charge is 0.495 e. The molecule has 0 saturated carbocycles. The third-order valence-electron chi connectivity index (χ3n) is 4.45. The van der Waals surface area contributed by atoms with Gasteiger partial charge in [0, 0.05) is 6.07 Å². The van der Waals surface area contributed by atoms with Crippen molar-refractivity contribution in [1.29, 1.82) is 0 Å². The first kappa shape index (κ1) is 24.9. The topological polar surface area (TPSA) is 193 Å². The Balaban J connectivity index is 1.93. The van der Waals surface area contributed by atoms with Gasteiger partial charge in [-0.3, -0.25) is 9.11 Å². The summed E-state index contributed by atoms with van der Waals surface area (Å²) in [6.45, 7) is 1.74. The number of aryl methyl sites for hydroxylation is 1. The minimum atomic E-state index is -4.69.